The van der Waals surface area contributed by atoms with Crippen molar-refractivity contribution in [3.8, 4) is 5.75 Å². The molecule has 0 atom stereocenters. The van der Waals surface area contributed by atoms with Gasteiger partial charge in [-0.05, 0) is 89.1 Å². The predicted octanol–water partition coefficient (Wildman–Crippen LogP) is 4.89. The quantitative estimate of drug-likeness (QED) is 0.772. The topological polar surface area (TPSA) is 21.3 Å². The van der Waals surface area contributed by atoms with Crippen molar-refractivity contribution in [2.24, 2.45) is 5.92 Å². The minimum atomic E-state index is 0.125. The standard InChI is InChI=1S/C15H21Br2NO/c1-15(2,3)18-8-11-6-12(16)14(13(17)7-11)19-9-10-4-5-10/h6-7,10,18H,4-5,8-9H2,1-3H3. The highest BCUT2D eigenvalue weighted by molar-refractivity contribution is 9.11. The molecule has 0 bridgehead atoms. The second-order valence-electron chi connectivity index (χ2n) is 6.25. The van der Waals surface area contributed by atoms with E-state index in [4.69, 9.17) is 4.74 Å². The summed E-state index contributed by atoms with van der Waals surface area (Å²) in [6.45, 7) is 8.19. The monoisotopic (exact) mass is 389 g/mol. The maximum absolute atomic E-state index is 5.88. The van der Waals surface area contributed by atoms with Crippen molar-refractivity contribution in [2.45, 2.75) is 45.7 Å². The van der Waals surface area contributed by atoms with E-state index in [1.807, 2.05) is 0 Å². The predicted molar refractivity (Wildman–Crippen MR) is 86.7 cm³/mol. The number of halogens is 2. The fourth-order valence-corrected chi connectivity index (χ4v) is 3.22. The lowest BCUT2D eigenvalue weighted by atomic mass is 10.1. The normalized spacial score (nSPS) is 15.6. The van der Waals surface area contributed by atoms with Gasteiger partial charge >= 0.3 is 0 Å². The van der Waals surface area contributed by atoms with Crippen LogP contribution >= 0.6 is 31.9 Å². The summed E-state index contributed by atoms with van der Waals surface area (Å²) in [7, 11) is 0. The fraction of sp³-hybridized carbons (Fsp3) is 0.600. The van der Waals surface area contributed by atoms with Crippen LogP contribution in [0.5, 0.6) is 5.75 Å². The molecule has 1 aliphatic rings. The van der Waals surface area contributed by atoms with Crippen LogP contribution in [0.3, 0.4) is 0 Å². The maximum Gasteiger partial charge on any atom is 0.147 e. The number of ether oxygens (including phenoxy) is 1. The molecular weight excluding hydrogens is 370 g/mol. The summed E-state index contributed by atoms with van der Waals surface area (Å²) in [5, 5.41) is 3.49. The van der Waals surface area contributed by atoms with Crippen LogP contribution in [0, 0.1) is 5.92 Å². The Labute approximate surface area is 132 Å². The van der Waals surface area contributed by atoms with Gasteiger partial charge in [-0.2, -0.15) is 0 Å². The molecule has 4 heteroatoms. The van der Waals surface area contributed by atoms with Crippen molar-refractivity contribution in [1.82, 2.24) is 5.32 Å². The lowest BCUT2D eigenvalue weighted by Gasteiger charge is -2.21. The highest BCUT2D eigenvalue weighted by atomic mass is 79.9. The average Bonchev–Trinajstić information content (AvgIpc) is 3.08. The highest BCUT2D eigenvalue weighted by Gasteiger charge is 2.23. The Bertz CT molecular complexity index is 427. The summed E-state index contributed by atoms with van der Waals surface area (Å²) in [5.41, 5.74) is 1.37. The Hall–Kier alpha value is -0.0600. The molecule has 0 unspecified atom stereocenters. The largest absolute Gasteiger partial charge is 0.491 e. The smallest absolute Gasteiger partial charge is 0.147 e. The number of nitrogens with one attached hydrogen (secondary N) is 1. The molecule has 0 heterocycles. The fourth-order valence-electron chi connectivity index (χ4n) is 1.71. The lowest BCUT2D eigenvalue weighted by Crippen LogP contribution is -2.35. The summed E-state index contributed by atoms with van der Waals surface area (Å²) in [6, 6.07) is 4.26. The SMILES string of the molecule is CC(C)(C)NCc1cc(Br)c(OCC2CC2)c(Br)c1. The van der Waals surface area contributed by atoms with E-state index in [1.165, 1.54) is 18.4 Å². The minimum absolute atomic E-state index is 0.125. The summed E-state index contributed by atoms with van der Waals surface area (Å²) >= 11 is 7.21. The van der Waals surface area contributed by atoms with Gasteiger partial charge in [0.1, 0.15) is 5.75 Å². The third-order valence-corrected chi connectivity index (χ3v) is 4.22. The van der Waals surface area contributed by atoms with Crippen LogP contribution in [-0.4, -0.2) is 12.1 Å². The molecule has 106 valence electrons. The first-order valence-corrected chi connectivity index (χ1v) is 8.29. The van der Waals surface area contributed by atoms with E-state index in [2.05, 4.69) is 70.1 Å². The van der Waals surface area contributed by atoms with Crippen molar-refractivity contribution >= 4 is 31.9 Å². The Morgan fingerprint density at radius 2 is 1.79 bits per heavy atom. The summed E-state index contributed by atoms with van der Waals surface area (Å²) in [6.07, 6.45) is 2.62. The third-order valence-electron chi connectivity index (χ3n) is 3.04. The summed E-state index contributed by atoms with van der Waals surface area (Å²) in [5.74, 6) is 1.69. The van der Waals surface area contributed by atoms with E-state index in [9.17, 15) is 0 Å². The molecule has 1 fully saturated rings. The Kier molecular flexibility index (Phi) is 4.96. The van der Waals surface area contributed by atoms with Crippen LogP contribution in [0.1, 0.15) is 39.2 Å². The molecule has 0 saturated heterocycles. The number of hydrogen-bond donors (Lipinski definition) is 1. The minimum Gasteiger partial charge on any atom is -0.491 e. The van der Waals surface area contributed by atoms with Crippen molar-refractivity contribution in [3.05, 3.63) is 26.6 Å². The molecule has 0 amide bonds. The van der Waals surface area contributed by atoms with Gasteiger partial charge in [0.25, 0.3) is 0 Å². The van der Waals surface area contributed by atoms with Gasteiger partial charge < -0.3 is 10.1 Å². The van der Waals surface area contributed by atoms with E-state index < -0.39 is 0 Å². The van der Waals surface area contributed by atoms with Crippen LogP contribution in [0.2, 0.25) is 0 Å². The van der Waals surface area contributed by atoms with E-state index in [0.29, 0.717) is 0 Å². The molecule has 2 nitrogen and oxygen atoms in total. The van der Waals surface area contributed by atoms with Crippen LogP contribution in [0.4, 0.5) is 0 Å². The van der Waals surface area contributed by atoms with Crippen LogP contribution in [0.25, 0.3) is 0 Å². The molecule has 19 heavy (non-hydrogen) atoms. The molecule has 0 aromatic heterocycles. The first-order valence-electron chi connectivity index (χ1n) is 6.71. The molecule has 1 aromatic carbocycles. The molecule has 0 spiro atoms. The summed E-state index contributed by atoms with van der Waals surface area (Å²) < 4.78 is 7.92. The molecule has 1 aromatic rings. The Morgan fingerprint density at radius 3 is 2.26 bits per heavy atom. The van der Waals surface area contributed by atoms with Gasteiger partial charge in [0.2, 0.25) is 0 Å². The molecule has 1 N–H and O–H groups in total. The maximum atomic E-state index is 5.88. The van der Waals surface area contributed by atoms with Crippen LogP contribution in [0.15, 0.2) is 21.1 Å². The summed E-state index contributed by atoms with van der Waals surface area (Å²) in [4.78, 5) is 0. The van der Waals surface area contributed by atoms with Gasteiger partial charge in [0.05, 0.1) is 15.6 Å². The van der Waals surface area contributed by atoms with Crippen molar-refractivity contribution < 1.29 is 4.74 Å². The number of benzene rings is 1. The van der Waals surface area contributed by atoms with E-state index in [1.54, 1.807) is 0 Å². The Balaban J connectivity index is 2.02. The van der Waals surface area contributed by atoms with Gasteiger partial charge in [-0.3, -0.25) is 0 Å². The van der Waals surface area contributed by atoms with Crippen LogP contribution < -0.4 is 10.1 Å². The lowest BCUT2D eigenvalue weighted by molar-refractivity contribution is 0.296. The average molecular weight is 391 g/mol. The molecule has 2 rings (SSSR count). The van der Waals surface area contributed by atoms with Crippen molar-refractivity contribution in [3.63, 3.8) is 0 Å². The van der Waals surface area contributed by atoms with E-state index in [0.717, 1.165) is 33.8 Å². The zero-order chi connectivity index (χ0) is 14.0. The van der Waals surface area contributed by atoms with Gasteiger partial charge in [0, 0.05) is 12.1 Å². The van der Waals surface area contributed by atoms with Gasteiger partial charge in [-0.1, -0.05) is 0 Å². The van der Waals surface area contributed by atoms with Crippen molar-refractivity contribution in [2.75, 3.05) is 6.61 Å². The highest BCUT2D eigenvalue weighted by Crippen LogP contribution is 2.37. The zero-order valence-electron chi connectivity index (χ0n) is 11.7. The molecular formula is C15H21Br2NO. The van der Waals surface area contributed by atoms with Gasteiger partial charge in [0.15, 0.2) is 0 Å². The third kappa shape index (κ3) is 5.09. The second-order valence-corrected chi connectivity index (χ2v) is 7.96. The molecule has 1 aliphatic carbocycles. The second kappa shape index (κ2) is 6.15. The van der Waals surface area contributed by atoms with E-state index in [-0.39, 0.29) is 5.54 Å². The Morgan fingerprint density at radius 1 is 1.21 bits per heavy atom. The number of rotatable bonds is 5. The zero-order valence-corrected chi connectivity index (χ0v) is 14.9. The first kappa shape index (κ1) is 15.3. The molecule has 0 radical (unpaired) electrons. The van der Waals surface area contributed by atoms with Crippen LogP contribution in [-0.2, 0) is 6.54 Å². The number of hydrogen-bond acceptors (Lipinski definition) is 2. The first-order chi connectivity index (χ1) is 8.85. The molecule has 0 aliphatic heterocycles. The van der Waals surface area contributed by atoms with Gasteiger partial charge in [-0.15, -0.1) is 0 Å². The van der Waals surface area contributed by atoms with Gasteiger partial charge in [-0.25, -0.2) is 0 Å². The molecule has 1 saturated carbocycles. The van der Waals surface area contributed by atoms with Crippen molar-refractivity contribution in [1.29, 1.82) is 0 Å². The van der Waals surface area contributed by atoms with E-state index >= 15 is 0 Å².